The summed E-state index contributed by atoms with van der Waals surface area (Å²) in [6.07, 6.45) is 0.559. The standard InChI is InChI=1S/C13H18N2O4S/c1-15(10-5-6-20(17,18)8-10)12-4-3-9(14)7-11(12)13(16)19-2/h3-4,7,10H,5-6,8,14H2,1-2H3. The minimum absolute atomic E-state index is 0.106. The van der Waals surface area contributed by atoms with Gasteiger partial charge in [-0.15, -0.1) is 0 Å². The summed E-state index contributed by atoms with van der Waals surface area (Å²) >= 11 is 0. The van der Waals surface area contributed by atoms with Crippen LogP contribution in [0.25, 0.3) is 0 Å². The zero-order valence-electron chi connectivity index (χ0n) is 11.5. The molecular weight excluding hydrogens is 280 g/mol. The average Bonchev–Trinajstić information content (AvgIpc) is 2.77. The first-order chi connectivity index (χ1) is 9.34. The van der Waals surface area contributed by atoms with Gasteiger partial charge in [0.05, 0.1) is 29.9 Å². The second-order valence-corrected chi connectivity index (χ2v) is 7.16. The Morgan fingerprint density at radius 3 is 2.70 bits per heavy atom. The Kier molecular flexibility index (Phi) is 3.89. The smallest absolute Gasteiger partial charge is 0.340 e. The zero-order chi connectivity index (χ0) is 14.9. The van der Waals surface area contributed by atoms with Crippen LogP contribution in [0.1, 0.15) is 16.8 Å². The SMILES string of the molecule is COC(=O)c1cc(N)ccc1N(C)C1CCS(=O)(=O)C1. The number of carbonyl (C=O) groups excluding carboxylic acids is 1. The second kappa shape index (κ2) is 5.32. The Hall–Kier alpha value is -1.76. The normalized spacial score (nSPS) is 20.6. The van der Waals surface area contributed by atoms with Gasteiger partial charge in [0, 0.05) is 18.8 Å². The lowest BCUT2D eigenvalue weighted by Gasteiger charge is -2.27. The molecule has 1 atom stereocenters. The van der Waals surface area contributed by atoms with Crippen LogP contribution in [0.5, 0.6) is 0 Å². The van der Waals surface area contributed by atoms with E-state index < -0.39 is 15.8 Å². The summed E-state index contributed by atoms with van der Waals surface area (Å²) in [6.45, 7) is 0. The maximum atomic E-state index is 11.8. The predicted molar refractivity (Wildman–Crippen MR) is 77.7 cm³/mol. The van der Waals surface area contributed by atoms with Gasteiger partial charge in [-0.3, -0.25) is 0 Å². The van der Waals surface area contributed by atoms with Gasteiger partial charge in [0.15, 0.2) is 9.84 Å². The minimum Gasteiger partial charge on any atom is -0.465 e. The Morgan fingerprint density at radius 2 is 2.15 bits per heavy atom. The van der Waals surface area contributed by atoms with Crippen LogP contribution >= 0.6 is 0 Å². The third kappa shape index (κ3) is 2.87. The molecule has 6 nitrogen and oxygen atoms in total. The number of nitrogen functional groups attached to an aromatic ring is 1. The van der Waals surface area contributed by atoms with Gasteiger partial charge in [-0.2, -0.15) is 0 Å². The number of esters is 1. The number of anilines is 2. The van der Waals surface area contributed by atoms with E-state index in [0.717, 1.165) is 0 Å². The van der Waals surface area contributed by atoms with E-state index in [4.69, 9.17) is 10.5 Å². The van der Waals surface area contributed by atoms with Crippen LogP contribution in [0.2, 0.25) is 0 Å². The van der Waals surface area contributed by atoms with Crippen LogP contribution in [0.3, 0.4) is 0 Å². The molecule has 1 heterocycles. The third-order valence-corrected chi connectivity index (χ3v) is 5.31. The first kappa shape index (κ1) is 14.6. The fourth-order valence-corrected chi connectivity index (χ4v) is 4.19. The van der Waals surface area contributed by atoms with Gasteiger partial charge in [-0.05, 0) is 24.6 Å². The fourth-order valence-electron chi connectivity index (χ4n) is 2.41. The molecule has 110 valence electrons. The number of nitrogens with zero attached hydrogens (tertiary/aromatic N) is 1. The van der Waals surface area contributed by atoms with Crippen molar-refractivity contribution in [2.45, 2.75) is 12.5 Å². The van der Waals surface area contributed by atoms with Gasteiger partial charge in [0.25, 0.3) is 0 Å². The predicted octanol–water partition coefficient (Wildman–Crippen LogP) is 0.679. The molecule has 1 aromatic carbocycles. The summed E-state index contributed by atoms with van der Waals surface area (Å²) < 4.78 is 27.9. The number of nitrogens with two attached hydrogens (primary N) is 1. The van der Waals surface area contributed by atoms with Crippen LogP contribution in [-0.2, 0) is 14.6 Å². The number of carbonyl (C=O) groups is 1. The Bertz CT molecular complexity index is 627. The van der Waals surface area contributed by atoms with E-state index in [-0.39, 0.29) is 17.5 Å². The molecule has 1 unspecified atom stereocenters. The lowest BCUT2D eigenvalue weighted by molar-refractivity contribution is 0.0601. The van der Waals surface area contributed by atoms with Crippen molar-refractivity contribution < 1.29 is 17.9 Å². The van der Waals surface area contributed by atoms with Crippen molar-refractivity contribution in [1.29, 1.82) is 0 Å². The van der Waals surface area contributed by atoms with Gasteiger partial charge < -0.3 is 15.4 Å². The highest BCUT2D eigenvalue weighted by Gasteiger charge is 2.32. The van der Waals surface area contributed by atoms with Crippen molar-refractivity contribution in [2.75, 3.05) is 36.3 Å². The molecule has 0 saturated carbocycles. The molecule has 0 aromatic heterocycles. The van der Waals surface area contributed by atoms with Gasteiger partial charge in [0.2, 0.25) is 0 Å². The number of ether oxygens (including phenoxy) is 1. The topological polar surface area (TPSA) is 89.7 Å². The number of hydrogen-bond acceptors (Lipinski definition) is 6. The quantitative estimate of drug-likeness (QED) is 0.652. The molecule has 1 aliphatic rings. The van der Waals surface area contributed by atoms with E-state index in [1.807, 2.05) is 4.90 Å². The third-order valence-electron chi connectivity index (χ3n) is 3.56. The number of rotatable bonds is 3. The summed E-state index contributed by atoms with van der Waals surface area (Å²) in [5, 5.41) is 0. The molecule has 1 aliphatic heterocycles. The molecule has 7 heteroatoms. The van der Waals surface area contributed by atoms with E-state index in [1.54, 1.807) is 25.2 Å². The fraction of sp³-hybridized carbons (Fsp3) is 0.462. The molecule has 2 rings (SSSR count). The number of benzene rings is 1. The lowest BCUT2D eigenvalue weighted by Crippen LogP contribution is -2.33. The maximum absolute atomic E-state index is 11.8. The van der Waals surface area contributed by atoms with Gasteiger partial charge in [-0.25, -0.2) is 13.2 Å². The second-order valence-electron chi connectivity index (χ2n) is 4.94. The molecule has 0 spiro atoms. The minimum atomic E-state index is -2.98. The van der Waals surface area contributed by atoms with Crippen molar-refractivity contribution in [2.24, 2.45) is 0 Å². The molecule has 1 fully saturated rings. The molecule has 0 bridgehead atoms. The molecule has 1 saturated heterocycles. The molecule has 2 N–H and O–H groups in total. The molecule has 20 heavy (non-hydrogen) atoms. The van der Waals surface area contributed by atoms with E-state index in [2.05, 4.69) is 0 Å². The van der Waals surface area contributed by atoms with Crippen molar-refractivity contribution >= 4 is 27.2 Å². The lowest BCUT2D eigenvalue weighted by atomic mass is 10.1. The summed E-state index contributed by atoms with van der Waals surface area (Å²) in [6, 6.07) is 4.81. The largest absolute Gasteiger partial charge is 0.465 e. The van der Waals surface area contributed by atoms with Crippen molar-refractivity contribution in [3.63, 3.8) is 0 Å². The summed E-state index contributed by atoms with van der Waals surface area (Å²) in [5.74, 6) is -0.195. The van der Waals surface area contributed by atoms with Crippen LogP contribution in [0, 0.1) is 0 Å². The maximum Gasteiger partial charge on any atom is 0.340 e. The number of hydrogen-bond donors (Lipinski definition) is 1. The Morgan fingerprint density at radius 1 is 1.45 bits per heavy atom. The van der Waals surface area contributed by atoms with Crippen LogP contribution in [-0.4, -0.2) is 46.1 Å². The zero-order valence-corrected chi connectivity index (χ0v) is 12.3. The van der Waals surface area contributed by atoms with E-state index in [1.165, 1.54) is 7.11 Å². The van der Waals surface area contributed by atoms with Gasteiger partial charge in [0.1, 0.15) is 0 Å². The molecule has 0 radical (unpaired) electrons. The highest BCUT2D eigenvalue weighted by molar-refractivity contribution is 7.91. The Labute approximate surface area is 118 Å². The number of sulfone groups is 1. The molecule has 1 aromatic rings. The van der Waals surface area contributed by atoms with Crippen molar-refractivity contribution in [1.82, 2.24) is 0 Å². The van der Waals surface area contributed by atoms with E-state index >= 15 is 0 Å². The van der Waals surface area contributed by atoms with Crippen molar-refractivity contribution in [3.8, 4) is 0 Å². The first-order valence-electron chi connectivity index (χ1n) is 6.25. The Balaban J connectivity index is 2.35. The molecule has 0 amide bonds. The van der Waals surface area contributed by atoms with Gasteiger partial charge >= 0.3 is 5.97 Å². The van der Waals surface area contributed by atoms with Crippen LogP contribution in [0.4, 0.5) is 11.4 Å². The van der Waals surface area contributed by atoms with Crippen LogP contribution < -0.4 is 10.6 Å². The highest BCUT2D eigenvalue weighted by atomic mass is 32.2. The first-order valence-corrected chi connectivity index (χ1v) is 8.07. The monoisotopic (exact) mass is 298 g/mol. The van der Waals surface area contributed by atoms with Crippen molar-refractivity contribution in [3.05, 3.63) is 23.8 Å². The summed E-state index contributed by atoms with van der Waals surface area (Å²) in [5.41, 5.74) is 7.13. The van der Waals surface area contributed by atoms with E-state index in [9.17, 15) is 13.2 Å². The molecule has 0 aliphatic carbocycles. The van der Waals surface area contributed by atoms with Crippen LogP contribution in [0.15, 0.2) is 18.2 Å². The number of methoxy groups -OCH3 is 1. The molecular formula is C13H18N2O4S. The van der Waals surface area contributed by atoms with Gasteiger partial charge in [-0.1, -0.05) is 0 Å². The average molecular weight is 298 g/mol. The highest BCUT2D eigenvalue weighted by Crippen LogP contribution is 2.28. The summed E-state index contributed by atoms with van der Waals surface area (Å²) in [4.78, 5) is 13.6. The summed E-state index contributed by atoms with van der Waals surface area (Å²) in [7, 11) is 0.104. The van der Waals surface area contributed by atoms with E-state index in [0.29, 0.717) is 23.4 Å².